The molecule has 2 fully saturated rings. The van der Waals surface area contributed by atoms with Gasteiger partial charge in [0.15, 0.2) is 0 Å². The van der Waals surface area contributed by atoms with Crippen LogP contribution >= 0.6 is 0 Å². The molecule has 4 bridgehead atoms. The average molecular weight is 431 g/mol. The van der Waals surface area contributed by atoms with E-state index in [0.29, 0.717) is 6.42 Å². The van der Waals surface area contributed by atoms with Crippen LogP contribution in [0.3, 0.4) is 0 Å². The quantitative estimate of drug-likeness (QED) is 0.583. The molecule has 5 unspecified atom stereocenters. The monoisotopic (exact) mass is 430 g/mol. The van der Waals surface area contributed by atoms with Gasteiger partial charge in [0.2, 0.25) is 5.79 Å². The highest BCUT2D eigenvalue weighted by molar-refractivity contribution is 7.86. The van der Waals surface area contributed by atoms with Crippen LogP contribution in [0.5, 0.6) is 0 Å². The Labute approximate surface area is 177 Å². The molecular weight excluding hydrogens is 404 g/mol. The summed E-state index contributed by atoms with van der Waals surface area (Å²) in [5.41, 5.74) is 0.0859. The number of hydrogen-bond acceptors (Lipinski definition) is 6. The molecule has 0 aromatic heterocycles. The summed E-state index contributed by atoms with van der Waals surface area (Å²) in [6.45, 7) is 10.2. The zero-order valence-electron chi connectivity index (χ0n) is 17.6. The van der Waals surface area contributed by atoms with Crippen LogP contribution in [-0.2, 0) is 23.8 Å². The normalized spacial score (nSPS) is 41.5. The summed E-state index contributed by atoms with van der Waals surface area (Å²) in [5, 5.41) is 11.5. The number of hydrogen-bond donors (Lipinski definition) is 1. The van der Waals surface area contributed by atoms with Crippen LogP contribution in [0.25, 0.3) is 0 Å². The Morgan fingerprint density at radius 2 is 1.90 bits per heavy atom. The lowest BCUT2D eigenvalue weighted by molar-refractivity contribution is -0.315. The van der Waals surface area contributed by atoms with Crippen molar-refractivity contribution >= 4 is 10.1 Å². The van der Waals surface area contributed by atoms with Gasteiger partial charge < -0.3 is 18.8 Å². The molecule has 1 aliphatic heterocycles. The Morgan fingerprint density at radius 3 is 2.53 bits per heavy atom. The minimum atomic E-state index is -4.10. The molecule has 5 atom stereocenters. The zero-order chi connectivity index (χ0) is 21.7. The molecular formula is C23H26O6S. The van der Waals surface area contributed by atoms with E-state index >= 15 is 0 Å². The first kappa shape index (κ1) is 20.0. The first-order chi connectivity index (χ1) is 14.0. The van der Waals surface area contributed by atoms with Crippen molar-refractivity contribution in [3.8, 4) is 0 Å². The Hall–Kier alpha value is -1.93. The number of aliphatic hydroxyl groups excluding tert-OH is 1. The molecule has 30 heavy (non-hydrogen) atoms. The Kier molecular flexibility index (Phi) is 3.77. The van der Waals surface area contributed by atoms with Crippen LogP contribution in [0.2, 0.25) is 0 Å². The fourth-order valence-corrected chi connectivity index (χ4v) is 7.12. The second-order valence-corrected chi connectivity index (χ2v) is 10.7. The lowest BCUT2D eigenvalue weighted by Crippen LogP contribution is -2.71. The molecule has 1 saturated heterocycles. The highest BCUT2D eigenvalue weighted by atomic mass is 32.2. The van der Waals surface area contributed by atoms with E-state index in [1.807, 2.05) is 20.8 Å². The topological polar surface area (TPSA) is 82.1 Å². The van der Waals surface area contributed by atoms with Crippen molar-refractivity contribution in [1.29, 1.82) is 0 Å². The van der Waals surface area contributed by atoms with Crippen molar-refractivity contribution in [3.63, 3.8) is 0 Å². The fourth-order valence-electron chi connectivity index (χ4n) is 6.11. The minimum absolute atomic E-state index is 0.0722. The SMILES string of the molecule is C=C1CC=C2C13C=C(OS(=O)(=O)c1ccc(C)cc1)C1(C)C2(C)COC1(OC)C3O. The molecule has 4 aliphatic carbocycles. The molecule has 1 N–H and O–H groups in total. The molecule has 6 nitrogen and oxygen atoms in total. The van der Waals surface area contributed by atoms with Gasteiger partial charge in [0.25, 0.3) is 0 Å². The van der Waals surface area contributed by atoms with Crippen molar-refractivity contribution in [3.05, 3.63) is 65.5 Å². The summed E-state index contributed by atoms with van der Waals surface area (Å²) in [6.07, 6.45) is 3.36. The second-order valence-electron chi connectivity index (χ2n) is 9.17. The lowest BCUT2D eigenvalue weighted by atomic mass is 9.42. The molecule has 6 rings (SSSR count). The van der Waals surface area contributed by atoms with Gasteiger partial charge in [0.05, 0.1) is 17.4 Å². The summed E-state index contributed by atoms with van der Waals surface area (Å²) in [6, 6.07) is 6.51. The average Bonchev–Trinajstić information content (AvgIpc) is 3.13. The summed E-state index contributed by atoms with van der Waals surface area (Å²) in [5.74, 6) is -1.21. The Balaban J connectivity index is 1.73. The maximum atomic E-state index is 13.2. The van der Waals surface area contributed by atoms with E-state index in [4.69, 9.17) is 13.7 Å². The highest BCUT2D eigenvalue weighted by Crippen LogP contribution is 2.78. The van der Waals surface area contributed by atoms with Gasteiger partial charge in [-0.25, -0.2) is 0 Å². The van der Waals surface area contributed by atoms with Gasteiger partial charge in [0.1, 0.15) is 16.8 Å². The van der Waals surface area contributed by atoms with Gasteiger partial charge in [-0.05, 0) is 44.1 Å². The van der Waals surface area contributed by atoms with E-state index < -0.39 is 38.3 Å². The summed E-state index contributed by atoms with van der Waals surface area (Å²) < 4.78 is 44.1. The molecule has 5 aliphatic rings. The second kappa shape index (κ2) is 5.65. The number of allylic oxidation sites excluding steroid dienone is 1. The number of benzene rings is 1. The molecule has 1 saturated carbocycles. The first-order valence-corrected chi connectivity index (χ1v) is 11.4. The maximum absolute atomic E-state index is 13.2. The third kappa shape index (κ3) is 1.89. The summed E-state index contributed by atoms with van der Waals surface area (Å²) >= 11 is 0. The van der Waals surface area contributed by atoms with Gasteiger partial charge in [-0.1, -0.05) is 42.8 Å². The predicted octanol–water partition coefficient (Wildman–Crippen LogP) is 3.23. The summed E-state index contributed by atoms with van der Waals surface area (Å²) in [7, 11) is -2.62. The largest absolute Gasteiger partial charge is 0.386 e. The van der Waals surface area contributed by atoms with E-state index in [1.54, 1.807) is 18.2 Å². The van der Waals surface area contributed by atoms with Crippen LogP contribution in [0.15, 0.2) is 64.8 Å². The van der Waals surface area contributed by atoms with Gasteiger partial charge >= 0.3 is 10.1 Å². The Bertz CT molecular complexity index is 1130. The summed E-state index contributed by atoms with van der Waals surface area (Å²) in [4.78, 5) is 0.0722. The third-order valence-electron chi connectivity index (χ3n) is 8.01. The van der Waals surface area contributed by atoms with Crippen molar-refractivity contribution in [2.45, 2.75) is 44.0 Å². The fraction of sp³-hybridized carbons (Fsp3) is 0.478. The van der Waals surface area contributed by atoms with E-state index in [9.17, 15) is 13.5 Å². The van der Waals surface area contributed by atoms with E-state index in [0.717, 1.165) is 16.7 Å². The van der Waals surface area contributed by atoms with Crippen molar-refractivity contribution in [1.82, 2.24) is 0 Å². The van der Waals surface area contributed by atoms with E-state index in [-0.39, 0.29) is 17.3 Å². The van der Waals surface area contributed by atoms with Crippen molar-refractivity contribution in [2.24, 2.45) is 16.2 Å². The van der Waals surface area contributed by atoms with Crippen molar-refractivity contribution < 1.29 is 27.2 Å². The predicted molar refractivity (Wildman–Crippen MR) is 110 cm³/mol. The first-order valence-electron chi connectivity index (χ1n) is 10.0. The molecule has 1 aromatic carbocycles. The molecule has 1 aromatic rings. The van der Waals surface area contributed by atoms with Crippen LogP contribution in [0.1, 0.15) is 25.8 Å². The lowest BCUT2D eigenvalue weighted by Gasteiger charge is -2.63. The molecule has 0 radical (unpaired) electrons. The molecule has 1 heterocycles. The van der Waals surface area contributed by atoms with Crippen LogP contribution < -0.4 is 0 Å². The highest BCUT2D eigenvalue weighted by Gasteiger charge is 2.83. The standard InChI is InChI=1S/C23H26O6S/c1-14-6-9-16(10-7-14)30(25,26)29-18-12-22-15(2)8-11-17(22)20(3)13-28-23(27-5,19(22)24)21(18,20)4/h6-7,9-12,19,24H,2,8,13H2,1,3-5H3. The number of methoxy groups -OCH3 is 1. The number of ether oxygens (including phenoxy) is 2. The zero-order valence-corrected chi connectivity index (χ0v) is 18.4. The van der Waals surface area contributed by atoms with Crippen LogP contribution in [-0.4, -0.2) is 39.1 Å². The number of aliphatic hydroxyl groups is 1. The van der Waals surface area contributed by atoms with Crippen LogP contribution in [0.4, 0.5) is 0 Å². The number of aryl methyl sites for hydroxylation is 1. The van der Waals surface area contributed by atoms with Crippen LogP contribution in [0, 0.1) is 23.2 Å². The van der Waals surface area contributed by atoms with Gasteiger partial charge in [0, 0.05) is 12.5 Å². The van der Waals surface area contributed by atoms with Gasteiger partial charge in [-0.15, -0.1) is 0 Å². The third-order valence-corrected chi connectivity index (χ3v) is 9.26. The smallest absolute Gasteiger partial charge is 0.338 e. The van der Waals surface area contributed by atoms with E-state index in [2.05, 4.69) is 12.7 Å². The Morgan fingerprint density at radius 1 is 1.23 bits per heavy atom. The van der Waals surface area contributed by atoms with E-state index in [1.165, 1.54) is 19.2 Å². The van der Waals surface area contributed by atoms with Crippen molar-refractivity contribution in [2.75, 3.05) is 13.7 Å². The van der Waals surface area contributed by atoms with Gasteiger partial charge in [-0.2, -0.15) is 8.42 Å². The number of rotatable bonds is 4. The molecule has 160 valence electrons. The minimum Gasteiger partial charge on any atom is -0.386 e. The molecule has 7 heteroatoms. The maximum Gasteiger partial charge on any atom is 0.338 e. The van der Waals surface area contributed by atoms with Gasteiger partial charge in [-0.3, -0.25) is 0 Å². The molecule has 1 spiro atoms. The molecule has 0 amide bonds.